The number of hydrogen-bond donors (Lipinski definition) is 1. The zero-order chi connectivity index (χ0) is 16.0. The molecule has 0 spiro atoms. The third-order valence-electron chi connectivity index (χ3n) is 4.69. The van der Waals surface area contributed by atoms with Gasteiger partial charge in [-0.1, -0.05) is 36.4 Å². The Balaban J connectivity index is 1.81. The quantitative estimate of drug-likeness (QED) is 0.631. The lowest BCUT2D eigenvalue weighted by atomic mass is 10.0. The molecule has 0 unspecified atom stereocenters. The predicted molar refractivity (Wildman–Crippen MR) is 95.1 cm³/mol. The van der Waals surface area contributed by atoms with Gasteiger partial charge in [-0.15, -0.1) is 0 Å². The lowest BCUT2D eigenvalue weighted by Crippen LogP contribution is -2.15. The Kier molecular flexibility index (Phi) is 3.31. The molecule has 3 nitrogen and oxygen atoms in total. The molecule has 1 heterocycles. The maximum Gasteiger partial charge on any atom is 0.256 e. The molecule has 3 heteroatoms. The number of nitrogens with one attached hydrogen (secondary N) is 1. The lowest BCUT2D eigenvalue weighted by Gasteiger charge is -2.10. The van der Waals surface area contributed by atoms with E-state index in [1.165, 1.54) is 22.3 Å². The van der Waals surface area contributed by atoms with Gasteiger partial charge in [0.1, 0.15) is 0 Å². The number of fused-ring (bicyclic) bond motifs is 5. The summed E-state index contributed by atoms with van der Waals surface area (Å²) in [5, 5.41) is 1.86. The van der Waals surface area contributed by atoms with Gasteiger partial charge in [-0.05, 0) is 48.7 Å². The highest BCUT2D eigenvalue weighted by atomic mass is 16.1. The van der Waals surface area contributed by atoms with E-state index in [1.807, 2.05) is 18.2 Å². The molecule has 0 fully saturated rings. The second-order valence-corrected chi connectivity index (χ2v) is 6.57. The van der Waals surface area contributed by atoms with Crippen LogP contribution in [-0.2, 0) is 12.8 Å². The summed E-state index contributed by atoms with van der Waals surface area (Å²) < 4.78 is 0. The maximum atomic E-state index is 12.3. The van der Waals surface area contributed by atoms with Crippen LogP contribution in [0.15, 0.2) is 47.3 Å². The number of pyridine rings is 1. The Morgan fingerprint density at radius 2 is 1.87 bits per heavy atom. The molecular formula is C20H20N2O. The van der Waals surface area contributed by atoms with Crippen molar-refractivity contribution in [1.29, 1.82) is 0 Å². The first kappa shape index (κ1) is 14.2. The van der Waals surface area contributed by atoms with E-state index in [0.29, 0.717) is 0 Å². The number of likely N-dealkylation sites (N-methyl/N-ethyl adjacent to an activating group) is 1. The van der Waals surface area contributed by atoms with Crippen LogP contribution in [0, 0.1) is 0 Å². The van der Waals surface area contributed by atoms with Crippen molar-refractivity contribution in [3.63, 3.8) is 0 Å². The minimum absolute atomic E-state index is 0.00360. The maximum absolute atomic E-state index is 12.3. The van der Waals surface area contributed by atoms with Crippen molar-refractivity contribution in [3.8, 4) is 11.3 Å². The number of H-pyrrole nitrogens is 1. The van der Waals surface area contributed by atoms with Gasteiger partial charge in [0.2, 0.25) is 0 Å². The molecule has 0 saturated heterocycles. The van der Waals surface area contributed by atoms with Crippen molar-refractivity contribution in [2.45, 2.75) is 12.8 Å². The van der Waals surface area contributed by atoms with E-state index < -0.39 is 0 Å². The highest BCUT2D eigenvalue weighted by Gasteiger charge is 2.22. The average Bonchev–Trinajstić information content (AvgIpc) is 2.91. The first-order valence-electron chi connectivity index (χ1n) is 8.04. The molecule has 0 radical (unpaired) electrons. The fourth-order valence-electron chi connectivity index (χ4n) is 3.48. The van der Waals surface area contributed by atoms with E-state index in [2.05, 4.69) is 48.2 Å². The predicted octanol–water partition coefficient (Wildman–Crippen LogP) is 3.20. The van der Waals surface area contributed by atoms with Crippen LogP contribution in [-0.4, -0.2) is 30.5 Å². The fourth-order valence-corrected chi connectivity index (χ4v) is 3.48. The Morgan fingerprint density at radius 3 is 2.65 bits per heavy atom. The SMILES string of the molecule is CN(C)CCc1ccc2c(c1)Cc1c-2[nH]c(=O)c2ccccc12. The third kappa shape index (κ3) is 2.37. The third-order valence-corrected chi connectivity index (χ3v) is 4.69. The Bertz CT molecular complexity index is 954. The van der Waals surface area contributed by atoms with E-state index >= 15 is 0 Å². The van der Waals surface area contributed by atoms with Gasteiger partial charge in [0.15, 0.2) is 0 Å². The zero-order valence-corrected chi connectivity index (χ0v) is 13.5. The number of rotatable bonds is 3. The molecule has 0 saturated carbocycles. The molecule has 116 valence electrons. The van der Waals surface area contributed by atoms with Crippen molar-refractivity contribution in [2.75, 3.05) is 20.6 Å². The van der Waals surface area contributed by atoms with Gasteiger partial charge in [-0.3, -0.25) is 4.79 Å². The van der Waals surface area contributed by atoms with Gasteiger partial charge in [0.25, 0.3) is 5.56 Å². The second-order valence-electron chi connectivity index (χ2n) is 6.57. The highest BCUT2D eigenvalue weighted by molar-refractivity contribution is 5.92. The Morgan fingerprint density at radius 1 is 1.09 bits per heavy atom. The molecule has 1 N–H and O–H groups in total. The number of nitrogens with zero attached hydrogens (tertiary/aromatic N) is 1. The van der Waals surface area contributed by atoms with E-state index in [9.17, 15) is 4.79 Å². The molecular weight excluding hydrogens is 284 g/mol. The number of benzene rings is 2. The Labute approximate surface area is 135 Å². The molecule has 0 amide bonds. The molecule has 3 aromatic rings. The van der Waals surface area contributed by atoms with Gasteiger partial charge in [0, 0.05) is 23.9 Å². The first-order valence-corrected chi connectivity index (χ1v) is 8.04. The van der Waals surface area contributed by atoms with Crippen LogP contribution in [0.2, 0.25) is 0 Å². The molecule has 1 aliphatic carbocycles. The van der Waals surface area contributed by atoms with Crippen LogP contribution < -0.4 is 5.56 Å². The summed E-state index contributed by atoms with van der Waals surface area (Å²) in [5.41, 5.74) is 6.11. The van der Waals surface area contributed by atoms with Crippen molar-refractivity contribution in [1.82, 2.24) is 9.88 Å². The minimum Gasteiger partial charge on any atom is -0.321 e. The topological polar surface area (TPSA) is 36.1 Å². The van der Waals surface area contributed by atoms with Gasteiger partial charge in [0.05, 0.1) is 5.69 Å². The van der Waals surface area contributed by atoms with Crippen molar-refractivity contribution >= 4 is 10.8 Å². The van der Waals surface area contributed by atoms with Crippen LogP contribution in [0.1, 0.15) is 16.7 Å². The van der Waals surface area contributed by atoms with Crippen LogP contribution in [0.25, 0.3) is 22.0 Å². The number of aromatic nitrogens is 1. The van der Waals surface area contributed by atoms with E-state index in [4.69, 9.17) is 0 Å². The number of hydrogen-bond acceptors (Lipinski definition) is 2. The lowest BCUT2D eigenvalue weighted by molar-refractivity contribution is 0.413. The summed E-state index contributed by atoms with van der Waals surface area (Å²) in [7, 11) is 4.19. The minimum atomic E-state index is 0.00360. The molecule has 1 aromatic heterocycles. The largest absolute Gasteiger partial charge is 0.321 e. The van der Waals surface area contributed by atoms with Crippen LogP contribution >= 0.6 is 0 Å². The monoisotopic (exact) mass is 304 g/mol. The molecule has 0 atom stereocenters. The van der Waals surface area contributed by atoms with Gasteiger partial charge in [-0.2, -0.15) is 0 Å². The average molecular weight is 304 g/mol. The summed E-state index contributed by atoms with van der Waals surface area (Å²) in [5.74, 6) is 0. The molecule has 23 heavy (non-hydrogen) atoms. The normalized spacial score (nSPS) is 12.7. The van der Waals surface area contributed by atoms with Gasteiger partial charge < -0.3 is 9.88 Å². The summed E-state index contributed by atoms with van der Waals surface area (Å²) in [6.07, 6.45) is 1.95. The molecule has 2 aromatic carbocycles. The fraction of sp³-hybridized carbons (Fsp3) is 0.250. The summed E-state index contributed by atoms with van der Waals surface area (Å²) in [6, 6.07) is 14.5. The summed E-state index contributed by atoms with van der Waals surface area (Å²) >= 11 is 0. The zero-order valence-electron chi connectivity index (χ0n) is 13.5. The summed E-state index contributed by atoms with van der Waals surface area (Å²) in [6.45, 7) is 1.05. The van der Waals surface area contributed by atoms with E-state index in [0.717, 1.165) is 35.9 Å². The molecule has 0 aliphatic heterocycles. The molecule has 0 bridgehead atoms. The van der Waals surface area contributed by atoms with E-state index in [-0.39, 0.29) is 5.56 Å². The first-order chi connectivity index (χ1) is 11.1. The highest BCUT2D eigenvalue weighted by Crippen LogP contribution is 2.38. The van der Waals surface area contributed by atoms with Crippen molar-refractivity contribution in [2.24, 2.45) is 0 Å². The van der Waals surface area contributed by atoms with E-state index in [1.54, 1.807) is 0 Å². The molecule has 4 rings (SSSR count). The van der Waals surface area contributed by atoms with Crippen LogP contribution in [0.5, 0.6) is 0 Å². The van der Waals surface area contributed by atoms with Gasteiger partial charge in [-0.25, -0.2) is 0 Å². The van der Waals surface area contributed by atoms with Crippen molar-refractivity contribution in [3.05, 3.63) is 69.5 Å². The Hall–Kier alpha value is -2.39. The smallest absolute Gasteiger partial charge is 0.256 e. The summed E-state index contributed by atoms with van der Waals surface area (Å²) in [4.78, 5) is 17.6. The standard InChI is InChI=1S/C20H20N2O/c1-22(2)10-9-13-7-8-15-14(11-13)12-18-16-5-3-4-6-17(16)20(23)21-19(15)18/h3-8,11H,9-10,12H2,1-2H3,(H,21,23). The van der Waals surface area contributed by atoms with Crippen LogP contribution in [0.3, 0.4) is 0 Å². The molecule has 1 aliphatic rings. The van der Waals surface area contributed by atoms with Gasteiger partial charge >= 0.3 is 0 Å². The van der Waals surface area contributed by atoms with Crippen molar-refractivity contribution < 1.29 is 0 Å². The van der Waals surface area contributed by atoms with Crippen LogP contribution in [0.4, 0.5) is 0 Å². The second kappa shape index (κ2) is 5.36. The number of aromatic amines is 1.